The van der Waals surface area contributed by atoms with E-state index in [1.165, 1.54) is 0 Å². The highest BCUT2D eigenvalue weighted by molar-refractivity contribution is 5.53. The first-order valence-electron chi connectivity index (χ1n) is 8.92. The van der Waals surface area contributed by atoms with Gasteiger partial charge in [0.25, 0.3) is 0 Å². The van der Waals surface area contributed by atoms with Crippen LogP contribution in [0.5, 0.6) is 11.5 Å². The highest BCUT2D eigenvalue weighted by Crippen LogP contribution is 2.39. The maximum Gasteiger partial charge on any atom is 0.185 e. The summed E-state index contributed by atoms with van der Waals surface area (Å²) in [7, 11) is 0. The zero-order valence-electron chi connectivity index (χ0n) is 16.8. The number of aryl methyl sites for hydroxylation is 2. The molecule has 0 aliphatic rings. The molecule has 25 heavy (non-hydrogen) atoms. The Morgan fingerprint density at radius 2 is 0.960 bits per heavy atom. The number of benzene rings is 2. The molecule has 0 aliphatic heterocycles. The summed E-state index contributed by atoms with van der Waals surface area (Å²) in [6.07, 6.45) is 0.396. The molecule has 0 saturated carbocycles. The van der Waals surface area contributed by atoms with Crippen molar-refractivity contribution in [2.45, 2.75) is 72.6 Å². The minimum atomic E-state index is -0.207. The van der Waals surface area contributed by atoms with Gasteiger partial charge in [0.05, 0.1) is 0 Å². The first-order chi connectivity index (χ1) is 11.3. The predicted molar refractivity (Wildman–Crippen MR) is 103 cm³/mol. The van der Waals surface area contributed by atoms with E-state index in [9.17, 15) is 10.2 Å². The van der Waals surface area contributed by atoms with Gasteiger partial charge in [-0.3, -0.25) is 10.2 Å². The zero-order chi connectivity index (χ0) is 19.2. The molecular weight excluding hydrogens is 308 g/mol. The second kappa shape index (κ2) is 6.40. The molecule has 2 radical (unpaired) electrons. The minimum Gasteiger partial charge on any atom is -0.289 e. The summed E-state index contributed by atoms with van der Waals surface area (Å²) in [4.78, 5) is 0. The Morgan fingerprint density at radius 1 is 0.640 bits per heavy atom. The molecule has 2 nitrogen and oxygen atoms in total. The molecule has 0 saturated heterocycles. The van der Waals surface area contributed by atoms with Gasteiger partial charge in [-0.1, -0.05) is 76.9 Å². The molecule has 0 amide bonds. The lowest BCUT2D eigenvalue weighted by Crippen LogP contribution is -2.13. The highest BCUT2D eigenvalue weighted by Gasteiger charge is 2.25. The third-order valence-corrected chi connectivity index (χ3v) is 4.62. The molecule has 0 spiro atoms. The second-order valence-electron chi connectivity index (χ2n) is 9.28. The molecular formula is C23H30O2. The molecule has 2 aromatic rings. The maximum atomic E-state index is 12.9. The number of hydrogen-bond acceptors (Lipinski definition) is 0. The monoisotopic (exact) mass is 338 g/mol. The van der Waals surface area contributed by atoms with Crippen molar-refractivity contribution in [3.05, 3.63) is 57.6 Å². The summed E-state index contributed by atoms with van der Waals surface area (Å²) in [5.74, 6) is 0.132. The first kappa shape index (κ1) is 19.4. The number of rotatable bonds is 2. The molecule has 0 bridgehead atoms. The van der Waals surface area contributed by atoms with Crippen LogP contribution in [0.1, 0.15) is 74.9 Å². The summed E-state index contributed by atoms with van der Waals surface area (Å²) in [5, 5.41) is 25.9. The fourth-order valence-electron chi connectivity index (χ4n) is 3.28. The van der Waals surface area contributed by atoms with Gasteiger partial charge in [-0.2, -0.15) is 0 Å². The van der Waals surface area contributed by atoms with Crippen molar-refractivity contribution in [2.75, 3.05) is 0 Å². The molecule has 2 heteroatoms. The van der Waals surface area contributed by atoms with E-state index < -0.39 is 0 Å². The molecule has 134 valence electrons. The van der Waals surface area contributed by atoms with Gasteiger partial charge < -0.3 is 0 Å². The maximum absolute atomic E-state index is 12.9. The SMILES string of the molecule is Cc1cc(Cc2cc(C)cc(C(C)(C)C)c2[O])c([O])c(C(C)(C)C)c1. The van der Waals surface area contributed by atoms with Gasteiger partial charge in [-0.15, -0.1) is 0 Å². The molecule has 0 aliphatic carbocycles. The van der Waals surface area contributed by atoms with Crippen molar-refractivity contribution in [3.63, 3.8) is 0 Å². The summed E-state index contributed by atoms with van der Waals surface area (Å²) in [6, 6.07) is 7.80. The fourth-order valence-corrected chi connectivity index (χ4v) is 3.28. The van der Waals surface area contributed by atoms with Crippen molar-refractivity contribution in [1.82, 2.24) is 0 Å². The van der Waals surface area contributed by atoms with E-state index in [0.717, 1.165) is 22.3 Å². The Hall–Kier alpha value is -1.96. The van der Waals surface area contributed by atoms with Crippen molar-refractivity contribution >= 4 is 0 Å². The average Bonchev–Trinajstić information content (AvgIpc) is 2.43. The van der Waals surface area contributed by atoms with E-state index >= 15 is 0 Å². The molecule has 0 heterocycles. The lowest BCUT2D eigenvalue weighted by molar-refractivity contribution is 0.332. The third-order valence-electron chi connectivity index (χ3n) is 4.62. The van der Waals surface area contributed by atoms with E-state index in [1.54, 1.807) is 0 Å². The van der Waals surface area contributed by atoms with Crippen LogP contribution in [0.3, 0.4) is 0 Å². The molecule has 0 unspecified atom stereocenters. The normalized spacial score (nSPS) is 12.5. The third kappa shape index (κ3) is 4.18. The van der Waals surface area contributed by atoms with Crippen LogP contribution in [0.15, 0.2) is 24.3 Å². The van der Waals surface area contributed by atoms with Crippen LogP contribution in [0.4, 0.5) is 0 Å². The Labute approximate surface area is 152 Å². The average molecular weight is 338 g/mol. The summed E-state index contributed by atoms with van der Waals surface area (Å²) >= 11 is 0. The lowest BCUT2D eigenvalue weighted by Gasteiger charge is -2.23. The predicted octanol–water partition coefficient (Wildman–Crippen LogP) is 6.78. The van der Waals surface area contributed by atoms with E-state index in [0.29, 0.717) is 17.5 Å². The van der Waals surface area contributed by atoms with E-state index in [2.05, 4.69) is 41.5 Å². The van der Waals surface area contributed by atoms with Crippen LogP contribution >= 0.6 is 0 Å². The smallest absolute Gasteiger partial charge is 0.185 e. The molecule has 2 rings (SSSR count). The topological polar surface area (TPSA) is 39.8 Å². The Balaban J connectivity index is 2.58. The largest absolute Gasteiger partial charge is 0.289 e. The Bertz CT molecular complexity index is 720. The van der Waals surface area contributed by atoms with Gasteiger partial charge >= 0.3 is 0 Å². The Morgan fingerprint density at radius 3 is 1.24 bits per heavy atom. The van der Waals surface area contributed by atoms with Crippen molar-refractivity contribution in [1.29, 1.82) is 0 Å². The molecule has 0 N–H and O–H groups in total. The van der Waals surface area contributed by atoms with Crippen LogP contribution in [-0.4, -0.2) is 0 Å². The molecule has 2 aromatic carbocycles. The van der Waals surface area contributed by atoms with E-state index in [4.69, 9.17) is 0 Å². The lowest BCUT2D eigenvalue weighted by atomic mass is 9.81. The fraction of sp³-hybridized carbons (Fsp3) is 0.478. The molecule has 0 fully saturated rings. The zero-order valence-corrected chi connectivity index (χ0v) is 16.8. The molecule has 0 aromatic heterocycles. The molecule has 0 atom stereocenters. The van der Waals surface area contributed by atoms with Crippen LogP contribution in [0, 0.1) is 13.8 Å². The Kier molecular flexibility index (Phi) is 4.96. The van der Waals surface area contributed by atoms with Crippen LogP contribution < -0.4 is 0 Å². The van der Waals surface area contributed by atoms with Gasteiger partial charge in [0, 0.05) is 28.7 Å². The van der Waals surface area contributed by atoms with Gasteiger partial charge in [-0.25, -0.2) is 0 Å². The number of hydrogen-bond donors (Lipinski definition) is 0. The van der Waals surface area contributed by atoms with Crippen molar-refractivity contribution in [2.24, 2.45) is 0 Å². The van der Waals surface area contributed by atoms with Crippen LogP contribution in [0.25, 0.3) is 0 Å². The van der Waals surface area contributed by atoms with Gasteiger partial charge in [0.1, 0.15) is 0 Å². The quantitative estimate of drug-likeness (QED) is 0.579. The van der Waals surface area contributed by atoms with Gasteiger partial charge in [-0.05, 0) is 24.7 Å². The second-order valence-corrected chi connectivity index (χ2v) is 9.28. The van der Waals surface area contributed by atoms with E-state index in [1.807, 2.05) is 38.1 Å². The van der Waals surface area contributed by atoms with Crippen molar-refractivity contribution < 1.29 is 10.2 Å². The highest BCUT2D eigenvalue weighted by atomic mass is 16.3. The minimum absolute atomic E-state index is 0.0660. The standard InChI is InChI=1S/C23H30O2/c1-14-9-16(20(24)18(11-14)22(3,4)5)13-17-10-15(2)12-19(21(17)25)23(6,7)8/h9-12H,13H2,1-8H3. The van der Waals surface area contributed by atoms with E-state index in [-0.39, 0.29) is 22.3 Å². The summed E-state index contributed by atoms with van der Waals surface area (Å²) < 4.78 is 0. The first-order valence-corrected chi connectivity index (χ1v) is 8.92. The summed E-state index contributed by atoms with van der Waals surface area (Å²) in [6.45, 7) is 16.3. The van der Waals surface area contributed by atoms with Crippen LogP contribution in [-0.2, 0) is 27.5 Å². The summed E-state index contributed by atoms with van der Waals surface area (Å²) in [5.41, 5.74) is 4.78. The van der Waals surface area contributed by atoms with Gasteiger partial charge in [0.15, 0.2) is 11.5 Å². The van der Waals surface area contributed by atoms with Crippen LogP contribution in [0.2, 0.25) is 0 Å². The van der Waals surface area contributed by atoms with Gasteiger partial charge in [0.2, 0.25) is 0 Å². The van der Waals surface area contributed by atoms with Crippen molar-refractivity contribution in [3.8, 4) is 11.5 Å².